The number of benzene rings is 2. The summed E-state index contributed by atoms with van der Waals surface area (Å²) in [5.41, 5.74) is 0.875. The first-order valence-electron chi connectivity index (χ1n) is 5.70. The molecule has 2 rings (SSSR count). The summed E-state index contributed by atoms with van der Waals surface area (Å²) in [5, 5.41) is 11.0. The normalized spacial score (nSPS) is 9.89. The molecule has 0 N–H and O–H groups in total. The van der Waals surface area contributed by atoms with Gasteiger partial charge in [-0.25, -0.2) is 9.90 Å². The van der Waals surface area contributed by atoms with E-state index in [-0.39, 0.29) is 22.5 Å². The predicted molar refractivity (Wildman–Crippen MR) is 71.3 cm³/mol. The van der Waals surface area contributed by atoms with Gasteiger partial charge in [0.2, 0.25) is 0 Å². The van der Waals surface area contributed by atoms with Gasteiger partial charge in [-0.3, -0.25) is 4.79 Å². The van der Waals surface area contributed by atoms with Gasteiger partial charge in [0.1, 0.15) is 0 Å². The molecule has 0 aromatic heterocycles. The SMILES string of the molecule is C=C(C(=O)c1ccccc1)c1ccccc1C([O])=O. The van der Waals surface area contributed by atoms with Crippen molar-refractivity contribution in [2.75, 3.05) is 0 Å². The number of carbonyl (C=O) groups is 2. The Bertz CT molecular complexity index is 642. The second kappa shape index (κ2) is 5.31. The Kier molecular flexibility index (Phi) is 3.57. The molecular weight excluding hydrogens is 240 g/mol. The molecule has 19 heavy (non-hydrogen) atoms. The van der Waals surface area contributed by atoms with Gasteiger partial charge >= 0.3 is 5.97 Å². The molecule has 0 aliphatic rings. The van der Waals surface area contributed by atoms with E-state index in [2.05, 4.69) is 6.58 Å². The van der Waals surface area contributed by atoms with Crippen LogP contribution in [-0.4, -0.2) is 11.8 Å². The Morgan fingerprint density at radius 2 is 1.32 bits per heavy atom. The van der Waals surface area contributed by atoms with Crippen LogP contribution in [-0.2, 0) is 5.11 Å². The summed E-state index contributed by atoms with van der Waals surface area (Å²) in [7, 11) is 0. The molecule has 0 heterocycles. The van der Waals surface area contributed by atoms with Crippen molar-refractivity contribution in [3.8, 4) is 0 Å². The molecule has 0 atom stereocenters. The molecule has 0 spiro atoms. The van der Waals surface area contributed by atoms with E-state index in [9.17, 15) is 14.7 Å². The fourth-order valence-corrected chi connectivity index (χ4v) is 1.81. The number of rotatable bonds is 4. The van der Waals surface area contributed by atoms with Gasteiger partial charge in [-0.2, -0.15) is 0 Å². The zero-order valence-electron chi connectivity index (χ0n) is 10.1. The molecule has 1 radical (unpaired) electrons. The summed E-state index contributed by atoms with van der Waals surface area (Å²) < 4.78 is 0. The van der Waals surface area contributed by atoms with E-state index in [1.54, 1.807) is 48.5 Å². The van der Waals surface area contributed by atoms with E-state index in [1.807, 2.05) is 0 Å². The van der Waals surface area contributed by atoms with Crippen molar-refractivity contribution in [3.05, 3.63) is 77.9 Å². The molecule has 0 fully saturated rings. The lowest BCUT2D eigenvalue weighted by atomic mass is 9.94. The second-order valence-electron chi connectivity index (χ2n) is 4.01. The van der Waals surface area contributed by atoms with Crippen molar-refractivity contribution in [3.63, 3.8) is 0 Å². The monoisotopic (exact) mass is 251 g/mol. The lowest BCUT2D eigenvalue weighted by Crippen LogP contribution is -2.06. The number of allylic oxidation sites excluding steroid dienone is 1. The number of carbonyl (C=O) groups excluding carboxylic acids is 2. The van der Waals surface area contributed by atoms with Gasteiger partial charge in [-0.15, -0.1) is 0 Å². The van der Waals surface area contributed by atoms with Crippen LogP contribution in [0.5, 0.6) is 0 Å². The molecule has 0 saturated carbocycles. The van der Waals surface area contributed by atoms with E-state index in [0.717, 1.165) is 0 Å². The number of ketones is 1. The maximum Gasteiger partial charge on any atom is 0.386 e. The molecule has 0 bridgehead atoms. The molecule has 3 heteroatoms. The third kappa shape index (κ3) is 2.60. The maximum atomic E-state index is 12.2. The smallest absolute Gasteiger partial charge is 0.289 e. The molecule has 0 amide bonds. The highest BCUT2D eigenvalue weighted by Crippen LogP contribution is 2.21. The van der Waals surface area contributed by atoms with Crippen LogP contribution < -0.4 is 0 Å². The summed E-state index contributed by atoms with van der Waals surface area (Å²) >= 11 is 0. The van der Waals surface area contributed by atoms with Crippen molar-refractivity contribution in [2.45, 2.75) is 0 Å². The van der Waals surface area contributed by atoms with Crippen molar-refractivity contribution < 1.29 is 14.7 Å². The van der Waals surface area contributed by atoms with Crippen LogP contribution in [0.15, 0.2) is 61.2 Å². The first kappa shape index (κ1) is 12.8. The quantitative estimate of drug-likeness (QED) is 0.619. The van der Waals surface area contributed by atoms with Crippen LogP contribution >= 0.6 is 0 Å². The van der Waals surface area contributed by atoms with Gasteiger partial charge in [0, 0.05) is 11.1 Å². The minimum atomic E-state index is -1.32. The van der Waals surface area contributed by atoms with Crippen LogP contribution in [0, 0.1) is 0 Å². The van der Waals surface area contributed by atoms with Crippen molar-refractivity contribution >= 4 is 17.3 Å². The van der Waals surface area contributed by atoms with Gasteiger partial charge in [0.05, 0.1) is 5.56 Å². The van der Waals surface area contributed by atoms with Crippen LogP contribution in [0.25, 0.3) is 5.57 Å². The van der Waals surface area contributed by atoms with Crippen LogP contribution in [0.3, 0.4) is 0 Å². The van der Waals surface area contributed by atoms with Crippen molar-refractivity contribution in [2.24, 2.45) is 0 Å². The Labute approximate surface area is 110 Å². The van der Waals surface area contributed by atoms with E-state index >= 15 is 0 Å². The Hall–Kier alpha value is -2.68. The first-order valence-corrected chi connectivity index (χ1v) is 5.70. The highest BCUT2D eigenvalue weighted by molar-refractivity contribution is 6.29. The molecule has 93 valence electrons. The molecule has 3 nitrogen and oxygen atoms in total. The standard InChI is InChI=1S/C16H11O3/c1-11(15(17)12-7-3-2-4-8-12)13-9-5-6-10-14(13)16(18)19/h2-10H,1H2. The topological polar surface area (TPSA) is 54.0 Å². The molecule has 0 saturated heterocycles. The third-order valence-electron chi connectivity index (χ3n) is 2.78. The van der Waals surface area contributed by atoms with E-state index in [4.69, 9.17) is 0 Å². The second-order valence-corrected chi connectivity index (χ2v) is 4.01. The van der Waals surface area contributed by atoms with Crippen molar-refractivity contribution in [1.29, 1.82) is 0 Å². The first-order chi connectivity index (χ1) is 9.11. The summed E-state index contributed by atoms with van der Waals surface area (Å²) in [6.45, 7) is 3.70. The molecule has 0 unspecified atom stereocenters. The Balaban J connectivity index is 2.41. The summed E-state index contributed by atoms with van der Waals surface area (Å²) in [6, 6.07) is 14.8. The fraction of sp³-hybridized carbons (Fsp3) is 0. The largest absolute Gasteiger partial charge is 0.386 e. The highest BCUT2D eigenvalue weighted by Gasteiger charge is 2.18. The van der Waals surface area contributed by atoms with Gasteiger partial charge in [-0.05, 0) is 11.6 Å². The van der Waals surface area contributed by atoms with Crippen LogP contribution in [0.4, 0.5) is 0 Å². The molecular formula is C16H11O3. The average Bonchev–Trinajstić information content (AvgIpc) is 2.46. The van der Waals surface area contributed by atoms with E-state index in [0.29, 0.717) is 5.56 Å². The van der Waals surface area contributed by atoms with Crippen molar-refractivity contribution in [1.82, 2.24) is 0 Å². The summed E-state index contributed by atoms with van der Waals surface area (Å²) in [5.74, 6) is -1.62. The third-order valence-corrected chi connectivity index (χ3v) is 2.78. The summed E-state index contributed by atoms with van der Waals surface area (Å²) in [4.78, 5) is 23.2. The lowest BCUT2D eigenvalue weighted by Gasteiger charge is -2.07. The Morgan fingerprint density at radius 3 is 1.89 bits per heavy atom. The van der Waals surface area contributed by atoms with Gasteiger partial charge < -0.3 is 0 Å². The lowest BCUT2D eigenvalue weighted by molar-refractivity contribution is 0.0573. The Morgan fingerprint density at radius 1 is 0.789 bits per heavy atom. The number of hydrogen-bond acceptors (Lipinski definition) is 2. The van der Waals surface area contributed by atoms with Gasteiger partial charge in [0.25, 0.3) is 0 Å². The highest BCUT2D eigenvalue weighted by atomic mass is 16.4. The zero-order valence-corrected chi connectivity index (χ0v) is 10.1. The average molecular weight is 251 g/mol. The number of hydrogen-bond donors (Lipinski definition) is 0. The maximum absolute atomic E-state index is 12.2. The van der Waals surface area contributed by atoms with Gasteiger partial charge in [0.15, 0.2) is 5.78 Å². The molecule has 0 aliphatic carbocycles. The summed E-state index contributed by atoms with van der Waals surface area (Å²) in [6.07, 6.45) is 0. The van der Waals surface area contributed by atoms with Gasteiger partial charge in [-0.1, -0.05) is 55.1 Å². The minimum Gasteiger partial charge on any atom is -0.289 e. The number of Topliss-reactive ketones (excluding diaryl/α,β-unsaturated/α-hetero) is 1. The van der Waals surface area contributed by atoms with Crippen LogP contribution in [0.1, 0.15) is 26.3 Å². The zero-order chi connectivity index (χ0) is 13.8. The van der Waals surface area contributed by atoms with E-state index < -0.39 is 5.97 Å². The molecule has 2 aromatic rings. The van der Waals surface area contributed by atoms with Crippen LogP contribution in [0.2, 0.25) is 0 Å². The predicted octanol–water partition coefficient (Wildman–Crippen LogP) is 3.15. The molecule has 2 aromatic carbocycles. The fourth-order valence-electron chi connectivity index (χ4n) is 1.81. The minimum absolute atomic E-state index is 0.0308. The van der Waals surface area contributed by atoms with E-state index in [1.165, 1.54) is 6.07 Å². The molecule has 0 aliphatic heterocycles.